The lowest BCUT2D eigenvalue weighted by molar-refractivity contribution is 0.358. The predicted molar refractivity (Wildman–Crippen MR) is 45.0 cm³/mol. The largest absolute Gasteiger partial charge is 0.176 e. The fraction of sp³-hybridized carbons (Fsp3) is 1.00. The van der Waals surface area contributed by atoms with Gasteiger partial charge in [-0.15, -0.1) is 0 Å². The van der Waals surface area contributed by atoms with Gasteiger partial charge >= 0.3 is 0 Å². The van der Waals surface area contributed by atoms with Crippen LogP contribution in [0.5, 0.6) is 0 Å². The molecule has 1 saturated carbocycles. The Labute approximate surface area is 63.4 Å². The molecule has 0 aromatic heterocycles. The SMILES string of the molecule is CCC1CCCC(S)C1. The van der Waals surface area contributed by atoms with Crippen LogP contribution in [-0.4, -0.2) is 5.25 Å². The van der Waals surface area contributed by atoms with Gasteiger partial charge in [-0.25, -0.2) is 0 Å². The van der Waals surface area contributed by atoms with Crippen LogP contribution in [0.4, 0.5) is 0 Å². The molecular weight excluding hydrogens is 128 g/mol. The lowest BCUT2D eigenvalue weighted by Crippen LogP contribution is -2.14. The highest BCUT2D eigenvalue weighted by Gasteiger charge is 2.16. The maximum atomic E-state index is 4.47. The standard InChI is InChI=1S/C8H16S/c1-2-7-4-3-5-8(9)6-7/h7-9H,2-6H2,1H3. The molecule has 1 fully saturated rings. The van der Waals surface area contributed by atoms with E-state index in [0.29, 0.717) is 5.25 Å². The van der Waals surface area contributed by atoms with Crippen molar-refractivity contribution in [1.82, 2.24) is 0 Å². The molecule has 0 aliphatic heterocycles. The molecule has 0 nitrogen and oxygen atoms in total. The molecule has 9 heavy (non-hydrogen) atoms. The summed E-state index contributed by atoms with van der Waals surface area (Å²) in [6, 6.07) is 0. The van der Waals surface area contributed by atoms with Crippen molar-refractivity contribution < 1.29 is 0 Å². The minimum absolute atomic E-state index is 0.712. The Morgan fingerprint density at radius 3 is 2.67 bits per heavy atom. The number of hydrogen-bond acceptors (Lipinski definition) is 1. The Bertz CT molecular complexity index is 80.6. The average Bonchev–Trinajstić information content (AvgIpc) is 1.88. The number of thiol groups is 1. The molecule has 0 saturated heterocycles. The van der Waals surface area contributed by atoms with Gasteiger partial charge in [0, 0.05) is 5.25 Å². The van der Waals surface area contributed by atoms with E-state index in [1.165, 1.54) is 32.1 Å². The zero-order valence-corrected chi connectivity index (χ0v) is 7.03. The highest BCUT2D eigenvalue weighted by atomic mass is 32.1. The third-order valence-electron chi connectivity index (χ3n) is 2.33. The minimum atomic E-state index is 0.712. The van der Waals surface area contributed by atoms with E-state index < -0.39 is 0 Å². The zero-order chi connectivity index (χ0) is 6.69. The van der Waals surface area contributed by atoms with E-state index in [1.54, 1.807) is 0 Å². The topological polar surface area (TPSA) is 0 Å². The molecule has 1 aliphatic rings. The summed E-state index contributed by atoms with van der Waals surface area (Å²) in [4.78, 5) is 0. The molecule has 1 aliphatic carbocycles. The van der Waals surface area contributed by atoms with E-state index in [2.05, 4.69) is 19.6 Å². The Morgan fingerprint density at radius 1 is 1.44 bits per heavy atom. The molecule has 1 rings (SSSR count). The normalized spacial score (nSPS) is 36.7. The molecule has 0 spiro atoms. The van der Waals surface area contributed by atoms with Gasteiger partial charge in [0.1, 0.15) is 0 Å². The molecular formula is C8H16S. The maximum absolute atomic E-state index is 4.47. The van der Waals surface area contributed by atoms with Gasteiger partial charge < -0.3 is 0 Å². The van der Waals surface area contributed by atoms with Crippen molar-refractivity contribution in [3.05, 3.63) is 0 Å². The van der Waals surface area contributed by atoms with Gasteiger partial charge in [-0.2, -0.15) is 12.6 Å². The van der Waals surface area contributed by atoms with Gasteiger partial charge in [0.2, 0.25) is 0 Å². The fourth-order valence-corrected chi connectivity index (χ4v) is 2.11. The summed E-state index contributed by atoms with van der Waals surface area (Å²) in [7, 11) is 0. The summed E-state index contributed by atoms with van der Waals surface area (Å²) in [5.41, 5.74) is 0. The van der Waals surface area contributed by atoms with E-state index in [0.717, 1.165) is 5.92 Å². The highest BCUT2D eigenvalue weighted by molar-refractivity contribution is 7.80. The van der Waals surface area contributed by atoms with Gasteiger partial charge in [-0.3, -0.25) is 0 Å². The van der Waals surface area contributed by atoms with Crippen LogP contribution in [0.1, 0.15) is 39.0 Å². The molecule has 0 aromatic rings. The van der Waals surface area contributed by atoms with Crippen molar-refractivity contribution in [1.29, 1.82) is 0 Å². The van der Waals surface area contributed by atoms with Crippen molar-refractivity contribution in [3.8, 4) is 0 Å². The van der Waals surface area contributed by atoms with E-state index in [1.807, 2.05) is 0 Å². The quantitative estimate of drug-likeness (QED) is 0.537. The summed E-state index contributed by atoms with van der Waals surface area (Å²) in [6.45, 7) is 2.29. The summed E-state index contributed by atoms with van der Waals surface area (Å²) in [6.07, 6.45) is 6.93. The van der Waals surface area contributed by atoms with Gasteiger partial charge in [-0.1, -0.05) is 26.2 Å². The van der Waals surface area contributed by atoms with Crippen LogP contribution < -0.4 is 0 Å². The maximum Gasteiger partial charge on any atom is 0.00194 e. The first-order chi connectivity index (χ1) is 4.33. The van der Waals surface area contributed by atoms with Gasteiger partial charge in [0.15, 0.2) is 0 Å². The van der Waals surface area contributed by atoms with E-state index in [4.69, 9.17) is 0 Å². The zero-order valence-electron chi connectivity index (χ0n) is 6.14. The summed E-state index contributed by atoms with van der Waals surface area (Å²) < 4.78 is 0. The lowest BCUT2D eigenvalue weighted by Gasteiger charge is -2.24. The first-order valence-corrected chi connectivity index (χ1v) is 4.52. The van der Waals surface area contributed by atoms with Crippen LogP contribution in [0, 0.1) is 5.92 Å². The molecule has 54 valence electrons. The first-order valence-electron chi connectivity index (χ1n) is 4.01. The molecule has 2 unspecified atom stereocenters. The fourth-order valence-electron chi connectivity index (χ4n) is 1.63. The smallest absolute Gasteiger partial charge is 0.00194 e. The van der Waals surface area contributed by atoms with Crippen molar-refractivity contribution in [2.45, 2.75) is 44.3 Å². The van der Waals surface area contributed by atoms with Crippen molar-refractivity contribution >= 4 is 12.6 Å². The number of hydrogen-bond donors (Lipinski definition) is 1. The van der Waals surface area contributed by atoms with Gasteiger partial charge in [0.25, 0.3) is 0 Å². The summed E-state index contributed by atoms with van der Waals surface area (Å²) in [5.74, 6) is 0.987. The molecule has 0 bridgehead atoms. The Morgan fingerprint density at radius 2 is 2.22 bits per heavy atom. The third-order valence-corrected chi connectivity index (χ3v) is 2.80. The third kappa shape index (κ3) is 2.21. The van der Waals surface area contributed by atoms with Gasteiger partial charge in [0.05, 0.1) is 0 Å². The second-order valence-corrected chi connectivity index (χ2v) is 3.82. The minimum Gasteiger partial charge on any atom is -0.176 e. The van der Waals surface area contributed by atoms with Crippen LogP contribution in [-0.2, 0) is 0 Å². The van der Waals surface area contributed by atoms with E-state index in [9.17, 15) is 0 Å². The first kappa shape index (κ1) is 7.46. The van der Waals surface area contributed by atoms with Crippen LogP contribution in [0.2, 0.25) is 0 Å². The Balaban J connectivity index is 2.23. The molecule has 0 heterocycles. The molecule has 0 aromatic carbocycles. The summed E-state index contributed by atoms with van der Waals surface area (Å²) >= 11 is 4.47. The Hall–Kier alpha value is 0.350. The van der Waals surface area contributed by atoms with Crippen LogP contribution in [0.15, 0.2) is 0 Å². The second kappa shape index (κ2) is 3.50. The van der Waals surface area contributed by atoms with Crippen LogP contribution in [0.25, 0.3) is 0 Å². The second-order valence-electron chi connectivity index (χ2n) is 3.09. The lowest BCUT2D eigenvalue weighted by atomic mass is 9.87. The molecule has 1 heteroatoms. The van der Waals surface area contributed by atoms with Crippen LogP contribution in [0.3, 0.4) is 0 Å². The van der Waals surface area contributed by atoms with E-state index >= 15 is 0 Å². The molecule has 0 N–H and O–H groups in total. The average molecular weight is 144 g/mol. The van der Waals surface area contributed by atoms with E-state index in [-0.39, 0.29) is 0 Å². The molecule has 0 amide bonds. The van der Waals surface area contributed by atoms with Gasteiger partial charge in [-0.05, 0) is 18.8 Å². The van der Waals surface area contributed by atoms with Crippen molar-refractivity contribution in [3.63, 3.8) is 0 Å². The predicted octanol–water partition coefficient (Wildman–Crippen LogP) is 2.89. The molecule has 2 atom stereocenters. The molecule has 0 radical (unpaired) electrons. The monoisotopic (exact) mass is 144 g/mol. The number of rotatable bonds is 1. The van der Waals surface area contributed by atoms with Crippen LogP contribution >= 0.6 is 12.6 Å². The van der Waals surface area contributed by atoms with Crippen molar-refractivity contribution in [2.75, 3.05) is 0 Å². The summed E-state index contributed by atoms with van der Waals surface area (Å²) in [5, 5.41) is 0.712. The highest BCUT2D eigenvalue weighted by Crippen LogP contribution is 2.29. The Kier molecular flexibility index (Phi) is 2.90. The van der Waals surface area contributed by atoms with Crippen molar-refractivity contribution in [2.24, 2.45) is 5.92 Å².